The molecule has 0 saturated heterocycles. The maximum atomic E-state index is 11.2. The van der Waals surface area contributed by atoms with Gasteiger partial charge in [-0.1, -0.05) is 66.2 Å². The van der Waals surface area contributed by atoms with E-state index in [1.807, 2.05) is 118 Å². The van der Waals surface area contributed by atoms with Crippen molar-refractivity contribution in [3.63, 3.8) is 0 Å². The topological polar surface area (TPSA) is 143 Å². The molecule has 0 aliphatic carbocycles. The molecule has 1 unspecified atom stereocenters. The van der Waals surface area contributed by atoms with Crippen molar-refractivity contribution in [3.8, 4) is 11.5 Å². The van der Waals surface area contributed by atoms with Gasteiger partial charge in [0.15, 0.2) is 0 Å². The number of anilines is 2. The van der Waals surface area contributed by atoms with E-state index in [1.54, 1.807) is 21.3 Å². The number of nitrogens with zero attached hydrogens (tertiary/aromatic N) is 2. The van der Waals surface area contributed by atoms with Gasteiger partial charge in [0.1, 0.15) is 17.8 Å². The summed E-state index contributed by atoms with van der Waals surface area (Å²) in [5.41, 5.74) is 8.70. The van der Waals surface area contributed by atoms with Gasteiger partial charge >= 0.3 is 6.03 Å². The van der Waals surface area contributed by atoms with Crippen molar-refractivity contribution in [2.24, 2.45) is 5.73 Å². The number of nitrogens with two attached hydrogens (primary N) is 1. The summed E-state index contributed by atoms with van der Waals surface area (Å²) in [7, 11) is 9.02. The number of hydrogen-bond donors (Lipinski definition) is 3. The molecular weight excluding hydrogens is 622 g/mol. The first-order valence-corrected chi connectivity index (χ1v) is 15.4. The highest BCUT2D eigenvalue weighted by atomic mass is 16.5. The molecule has 1 atom stereocenters. The summed E-state index contributed by atoms with van der Waals surface area (Å²) < 4.78 is 10.0. The molecule has 11 heteroatoms. The molecule has 0 heterocycles. The Morgan fingerprint density at radius 1 is 0.755 bits per heavy atom. The van der Waals surface area contributed by atoms with E-state index in [2.05, 4.69) is 40.3 Å². The molecule has 49 heavy (non-hydrogen) atoms. The van der Waals surface area contributed by atoms with Crippen molar-refractivity contribution in [1.29, 1.82) is 0 Å². The molecule has 4 rings (SSSR count). The minimum Gasteiger partial charge on any atom is -0.497 e. The standard InChI is InChI=1S/C12H16N2O2.C9H11NO2.C9H13NO.C7H8.CH3NO/c1-10(14-12(16)13-7-8-15)9-11-5-3-2-4-6-11;1-10(7-11)8-3-5-9(12-2)6-4-8;1-10(2)8-4-6-9(11-3)7-5-8;1-7-5-3-2-4-6-7;2-1-3/h2-6,8,10H,7,9H2,1H3,(H2,13,14,16);3-7H,1-2H3;4-7H,1-3H3;2-6H,1H3;1H,(H2,2,3). The zero-order valence-electron chi connectivity index (χ0n) is 29.5. The third kappa shape index (κ3) is 21.6. The lowest BCUT2D eigenvalue weighted by Gasteiger charge is -2.13. The largest absolute Gasteiger partial charge is 0.497 e. The first-order valence-electron chi connectivity index (χ1n) is 15.4. The maximum absolute atomic E-state index is 11.2. The molecule has 0 saturated carbocycles. The highest BCUT2D eigenvalue weighted by Crippen LogP contribution is 2.17. The van der Waals surface area contributed by atoms with Gasteiger partial charge in [-0.15, -0.1) is 0 Å². The van der Waals surface area contributed by atoms with Gasteiger partial charge in [-0.05, 0) is 74.4 Å². The van der Waals surface area contributed by atoms with Crippen LogP contribution in [-0.2, 0) is 20.8 Å². The number of hydrogen-bond acceptors (Lipinski definition) is 7. The molecule has 0 bridgehead atoms. The van der Waals surface area contributed by atoms with Crippen molar-refractivity contribution in [2.45, 2.75) is 26.3 Å². The second-order valence-electron chi connectivity index (χ2n) is 10.4. The van der Waals surface area contributed by atoms with Crippen LogP contribution in [-0.4, -0.2) is 73.1 Å². The zero-order chi connectivity index (χ0) is 36.9. The number of benzene rings is 4. The van der Waals surface area contributed by atoms with Gasteiger partial charge < -0.3 is 40.4 Å². The van der Waals surface area contributed by atoms with Crippen LogP contribution in [0, 0.1) is 6.92 Å². The molecular formula is C38H51N5O6. The summed E-state index contributed by atoms with van der Waals surface area (Å²) in [6.45, 7) is 4.05. The minimum atomic E-state index is -0.310. The Kier molecular flexibility index (Phi) is 24.0. The van der Waals surface area contributed by atoms with E-state index in [0.717, 1.165) is 30.0 Å². The van der Waals surface area contributed by atoms with Crippen LogP contribution in [0.15, 0.2) is 109 Å². The zero-order valence-corrected chi connectivity index (χ0v) is 29.5. The highest BCUT2D eigenvalue weighted by molar-refractivity contribution is 5.76. The molecule has 4 amide bonds. The Hall–Kier alpha value is -5.84. The van der Waals surface area contributed by atoms with Crippen LogP contribution in [0.5, 0.6) is 11.5 Å². The number of carbonyl (C=O) groups is 4. The summed E-state index contributed by atoms with van der Waals surface area (Å²) in [5, 5.41) is 5.19. The first-order chi connectivity index (χ1) is 23.5. The monoisotopic (exact) mass is 673 g/mol. The van der Waals surface area contributed by atoms with Crippen molar-refractivity contribution in [2.75, 3.05) is 51.7 Å². The smallest absolute Gasteiger partial charge is 0.315 e. The number of nitrogens with one attached hydrogen (secondary N) is 2. The lowest BCUT2D eigenvalue weighted by atomic mass is 10.1. The van der Waals surface area contributed by atoms with Crippen LogP contribution in [0.2, 0.25) is 0 Å². The SMILES string of the molecule is CC(Cc1ccccc1)NC(=O)NCC=O.COc1ccc(N(C)C)cc1.COc1ccc(N(C)C=O)cc1.Cc1ccccc1.NC=O. The first kappa shape index (κ1) is 43.2. The number of methoxy groups -OCH3 is 2. The Balaban J connectivity index is 0.000000628. The van der Waals surface area contributed by atoms with E-state index in [9.17, 15) is 14.4 Å². The Morgan fingerprint density at radius 3 is 1.57 bits per heavy atom. The number of primary amides is 1. The predicted molar refractivity (Wildman–Crippen MR) is 198 cm³/mol. The van der Waals surface area contributed by atoms with Crippen molar-refractivity contribution in [1.82, 2.24) is 10.6 Å². The molecule has 11 nitrogen and oxygen atoms in total. The van der Waals surface area contributed by atoms with Crippen LogP contribution in [0.4, 0.5) is 16.2 Å². The molecule has 0 aliphatic heterocycles. The third-order valence-electron chi connectivity index (χ3n) is 6.28. The Bertz CT molecular complexity index is 1420. The molecule has 0 radical (unpaired) electrons. The summed E-state index contributed by atoms with van der Waals surface area (Å²) >= 11 is 0. The fourth-order valence-electron chi connectivity index (χ4n) is 3.72. The van der Waals surface area contributed by atoms with E-state index in [4.69, 9.17) is 14.3 Å². The van der Waals surface area contributed by atoms with Crippen LogP contribution >= 0.6 is 0 Å². The Morgan fingerprint density at radius 2 is 1.20 bits per heavy atom. The fraction of sp³-hybridized carbons (Fsp3) is 0.263. The molecule has 0 aliphatic rings. The molecule has 4 aromatic carbocycles. The summed E-state index contributed by atoms with van der Waals surface area (Å²) in [4.78, 5) is 43.8. The molecule has 0 spiro atoms. The predicted octanol–water partition coefficient (Wildman–Crippen LogP) is 5.26. The normalized spacial score (nSPS) is 9.61. The molecule has 4 aromatic rings. The molecule has 4 N–H and O–H groups in total. The number of rotatable bonds is 10. The highest BCUT2D eigenvalue weighted by Gasteiger charge is 2.06. The van der Waals surface area contributed by atoms with Crippen molar-refractivity contribution >= 4 is 36.5 Å². The average Bonchev–Trinajstić information content (AvgIpc) is 3.12. The van der Waals surface area contributed by atoms with E-state index in [1.165, 1.54) is 21.7 Å². The molecule has 0 fully saturated rings. The quantitative estimate of drug-likeness (QED) is 0.195. The fourth-order valence-corrected chi connectivity index (χ4v) is 3.72. The summed E-state index contributed by atoms with van der Waals surface area (Å²) in [6.07, 6.45) is 2.44. The molecule has 0 aromatic heterocycles. The summed E-state index contributed by atoms with van der Waals surface area (Å²) in [5.74, 6) is 1.69. The van der Waals surface area contributed by atoms with Gasteiger partial charge in [-0.3, -0.25) is 9.59 Å². The van der Waals surface area contributed by atoms with Gasteiger partial charge in [-0.2, -0.15) is 0 Å². The van der Waals surface area contributed by atoms with Crippen LogP contribution in [0.1, 0.15) is 18.1 Å². The average molecular weight is 674 g/mol. The van der Waals surface area contributed by atoms with E-state index in [0.29, 0.717) is 6.29 Å². The lowest BCUT2D eigenvalue weighted by Crippen LogP contribution is -2.42. The second kappa shape index (κ2) is 27.3. The molecule has 264 valence electrons. The second-order valence-corrected chi connectivity index (χ2v) is 10.4. The number of aryl methyl sites for hydroxylation is 1. The van der Waals surface area contributed by atoms with Crippen molar-refractivity contribution < 1.29 is 28.7 Å². The van der Waals surface area contributed by atoms with Gasteiger partial charge in [0, 0.05) is 38.6 Å². The third-order valence-corrected chi connectivity index (χ3v) is 6.28. The number of aldehydes is 1. The van der Waals surface area contributed by atoms with Crippen LogP contribution in [0.25, 0.3) is 0 Å². The van der Waals surface area contributed by atoms with Gasteiger partial charge in [-0.25, -0.2) is 4.79 Å². The van der Waals surface area contributed by atoms with Gasteiger partial charge in [0.05, 0.1) is 20.8 Å². The van der Waals surface area contributed by atoms with E-state index in [-0.39, 0.29) is 25.0 Å². The number of ether oxygens (including phenoxy) is 2. The lowest BCUT2D eigenvalue weighted by molar-refractivity contribution is -0.107. The van der Waals surface area contributed by atoms with Gasteiger partial charge in [0.25, 0.3) is 0 Å². The van der Waals surface area contributed by atoms with Crippen LogP contribution in [0.3, 0.4) is 0 Å². The number of carbonyl (C=O) groups excluding carboxylic acids is 4. The van der Waals surface area contributed by atoms with E-state index >= 15 is 0 Å². The van der Waals surface area contributed by atoms with Gasteiger partial charge in [0.2, 0.25) is 12.8 Å². The maximum Gasteiger partial charge on any atom is 0.315 e. The van der Waals surface area contributed by atoms with E-state index < -0.39 is 0 Å². The number of urea groups is 1. The Labute approximate surface area is 291 Å². The number of amides is 4. The van der Waals surface area contributed by atoms with Crippen molar-refractivity contribution in [3.05, 3.63) is 120 Å². The minimum absolute atomic E-state index is 0.0362. The summed E-state index contributed by atoms with van der Waals surface area (Å²) in [6, 6.07) is 35.2. The van der Waals surface area contributed by atoms with Crippen LogP contribution < -0.4 is 35.6 Å².